The lowest BCUT2D eigenvalue weighted by Gasteiger charge is -2.07. The fourth-order valence-electron chi connectivity index (χ4n) is 2.10. The molecular formula is C14H12ClN3O3S. The lowest BCUT2D eigenvalue weighted by atomic mass is 10.1. The Kier molecular flexibility index (Phi) is 4.10. The maximum Gasteiger partial charge on any atom is 0.242 e. The number of halogens is 1. The van der Waals surface area contributed by atoms with Gasteiger partial charge in [0.05, 0.1) is 0 Å². The highest BCUT2D eigenvalue weighted by molar-refractivity contribution is 7.89. The predicted octanol–water partition coefficient (Wildman–Crippen LogP) is 2.40. The van der Waals surface area contributed by atoms with Gasteiger partial charge in [-0.25, -0.2) is 17.8 Å². The van der Waals surface area contributed by atoms with Crippen LogP contribution in [0, 0.1) is 0 Å². The molecule has 22 heavy (non-hydrogen) atoms. The molecule has 3 rings (SSSR count). The molecule has 1 heterocycles. The summed E-state index contributed by atoms with van der Waals surface area (Å²) in [5, 5.41) is 7.89. The first-order valence-corrected chi connectivity index (χ1v) is 8.38. The third kappa shape index (κ3) is 2.96. The lowest BCUT2D eigenvalue weighted by Crippen LogP contribution is -2.26. The molecule has 0 saturated heterocycles. The van der Waals surface area contributed by atoms with Gasteiger partial charge in [0.25, 0.3) is 0 Å². The Morgan fingerprint density at radius 2 is 1.91 bits per heavy atom. The molecule has 6 nitrogen and oxygen atoms in total. The zero-order chi connectivity index (χ0) is 15.6. The van der Waals surface area contributed by atoms with Gasteiger partial charge in [0, 0.05) is 11.6 Å². The van der Waals surface area contributed by atoms with Gasteiger partial charge in [0.2, 0.25) is 10.0 Å². The molecule has 0 atom stereocenters. The Balaban J connectivity index is 1.77. The highest BCUT2D eigenvalue weighted by atomic mass is 35.5. The van der Waals surface area contributed by atoms with E-state index in [0.717, 1.165) is 5.56 Å². The Morgan fingerprint density at radius 1 is 1.09 bits per heavy atom. The third-order valence-electron chi connectivity index (χ3n) is 3.18. The van der Waals surface area contributed by atoms with Gasteiger partial charge in [-0.05, 0) is 40.5 Å². The van der Waals surface area contributed by atoms with E-state index >= 15 is 0 Å². The van der Waals surface area contributed by atoms with Gasteiger partial charge in [-0.3, -0.25) is 0 Å². The van der Waals surface area contributed by atoms with E-state index in [0.29, 0.717) is 17.0 Å². The van der Waals surface area contributed by atoms with Gasteiger partial charge in [0.1, 0.15) is 10.4 Å². The van der Waals surface area contributed by atoms with E-state index in [9.17, 15) is 8.42 Å². The summed E-state index contributed by atoms with van der Waals surface area (Å²) >= 11 is 6.05. The zero-order valence-electron chi connectivity index (χ0n) is 11.4. The van der Waals surface area contributed by atoms with Crippen LogP contribution in [0.25, 0.3) is 11.0 Å². The molecule has 0 fully saturated rings. The molecule has 0 aliphatic rings. The lowest BCUT2D eigenvalue weighted by molar-refractivity contribution is 0.315. The number of sulfonamides is 1. The van der Waals surface area contributed by atoms with Gasteiger partial charge in [-0.1, -0.05) is 35.9 Å². The number of benzene rings is 2. The predicted molar refractivity (Wildman–Crippen MR) is 82.1 cm³/mol. The van der Waals surface area contributed by atoms with E-state index < -0.39 is 10.0 Å². The van der Waals surface area contributed by atoms with Crippen LogP contribution >= 0.6 is 11.6 Å². The van der Waals surface area contributed by atoms with Crippen LogP contribution in [0.15, 0.2) is 52.0 Å². The molecule has 1 aromatic heterocycles. The largest absolute Gasteiger partial charge is 0.243 e. The van der Waals surface area contributed by atoms with Crippen molar-refractivity contribution in [2.75, 3.05) is 6.54 Å². The average molecular weight is 338 g/mol. The minimum atomic E-state index is -3.70. The molecule has 0 amide bonds. The number of aromatic nitrogens is 2. The van der Waals surface area contributed by atoms with Crippen molar-refractivity contribution < 1.29 is 13.0 Å². The summed E-state index contributed by atoms with van der Waals surface area (Å²) in [5.41, 5.74) is 1.50. The van der Waals surface area contributed by atoms with E-state index in [1.807, 2.05) is 18.2 Å². The van der Waals surface area contributed by atoms with Crippen molar-refractivity contribution in [1.82, 2.24) is 15.0 Å². The fraction of sp³-hybridized carbons (Fsp3) is 0.143. The smallest absolute Gasteiger partial charge is 0.242 e. The van der Waals surface area contributed by atoms with Crippen molar-refractivity contribution in [3.05, 3.63) is 53.1 Å². The molecule has 2 aromatic carbocycles. The number of nitrogens with one attached hydrogen (secondary N) is 1. The van der Waals surface area contributed by atoms with E-state index in [4.69, 9.17) is 11.6 Å². The van der Waals surface area contributed by atoms with E-state index in [1.165, 1.54) is 6.07 Å². The number of nitrogens with zero attached hydrogens (tertiary/aromatic N) is 2. The van der Waals surface area contributed by atoms with Crippen LogP contribution in [0.3, 0.4) is 0 Å². The Labute approximate surface area is 132 Å². The fourth-order valence-corrected chi connectivity index (χ4v) is 3.51. The first kappa shape index (κ1) is 15.0. The van der Waals surface area contributed by atoms with E-state index in [-0.39, 0.29) is 17.0 Å². The monoisotopic (exact) mass is 337 g/mol. The Morgan fingerprint density at radius 3 is 2.73 bits per heavy atom. The van der Waals surface area contributed by atoms with Gasteiger partial charge in [-0.15, -0.1) is 0 Å². The summed E-state index contributed by atoms with van der Waals surface area (Å²) in [6.45, 7) is 0.230. The number of hydrogen-bond acceptors (Lipinski definition) is 5. The van der Waals surface area contributed by atoms with Crippen LogP contribution in [0.2, 0.25) is 5.02 Å². The summed E-state index contributed by atoms with van der Waals surface area (Å²) in [6, 6.07) is 12.0. The minimum Gasteiger partial charge on any atom is -0.243 e. The third-order valence-corrected chi connectivity index (χ3v) is 5.04. The van der Waals surface area contributed by atoms with Crippen LogP contribution in [-0.4, -0.2) is 25.3 Å². The zero-order valence-corrected chi connectivity index (χ0v) is 12.9. The average Bonchev–Trinajstić information content (AvgIpc) is 2.97. The highest BCUT2D eigenvalue weighted by Gasteiger charge is 2.19. The first-order valence-electron chi connectivity index (χ1n) is 6.52. The molecule has 0 spiro atoms. The molecule has 0 unspecified atom stereocenters. The second-order valence-corrected chi connectivity index (χ2v) is 6.77. The molecule has 0 aliphatic carbocycles. The highest BCUT2D eigenvalue weighted by Crippen LogP contribution is 2.20. The van der Waals surface area contributed by atoms with Crippen molar-refractivity contribution in [2.45, 2.75) is 11.3 Å². The van der Waals surface area contributed by atoms with Crippen LogP contribution in [-0.2, 0) is 16.4 Å². The maximum absolute atomic E-state index is 12.4. The van der Waals surface area contributed by atoms with Gasteiger partial charge in [0.15, 0.2) is 5.52 Å². The standard InChI is InChI=1S/C14H12ClN3O3S/c15-11-5-2-1-4-10(11)8-9-16-22(19,20)13-7-3-6-12-14(13)18-21-17-12/h1-7,16H,8-9H2. The molecule has 8 heteroatoms. The van der Waals surface area contributed by atoms with Crippen LogP contribution in [0.4, 0.5) is 0 Å². The topological polar surface area (TPSA) is 85.1 Å². The number of fused-ring (bicyclic) bond motifs is 1. The quantitative estimate of drug-likeness (QED) is 0.772. The van der Waals surface area contributed by atoms with E-state index in [1.54, 1.807) is 18.2 Å². The number of rotatable bonds is 5. The first-order chi connectivity index (χ1) is 10.6. The second kappa shape index (κ2) is 6.04. The molecule has 0 saturated carbocycles. The molecule has 0 aliphatic heterocycles. The molecule has 0 radical (unpaired) electrons. The molecular weight excluding hydrogens is 326 g/mol. The van der Waals surface area contributed by atoms with E-state index in [2.05, 4.69) is 19.7 Å². The van der Waals surface area contributed by atoms with Gasteiger partial charge < -0.3 is 0 Å². The van der Waals surface area contributed by atoms with Crippen molar-refractivity contribution >= 4 is 32.7 Å². The molecule has 3 aromatic rings. The number of hydrogen-bond donors (Lipinski definition) is 1. The minimum absolute atomic E-state index is 0.0467. The summed E-state index contributed by atoms with van der Waals surface area (Å²) in [6.07, 6.45) is 0.492. The summed E-state index contributed by atoms with van der Waals surface area (Å²) in [4.78, 5) is 0.0467. The van der Waals surface area contributed by atoms with Crippen LogP contribution < -0.4 is 4.72 Å². The molecule has 1 N–H and O–H groups in total. The SMILES string of the molecule is O=S(=O)(NCCc1ccccc1Cl)c1cccc2nonc12. The Hall–Kier alpha value is -1.96. The summed E-state index contributed by atoms with van der Waals surface area (Å²) < 4.78 is 31.8. The van der Waals surface area contributed by atoms with Crippen LogP contribution in [0.5, 0.6) is 0 Å². The Bertz CT molecular complexity index is 908. The van der Waals surface area contributed by atoms with Crippen molar-refractivity contribution in [2.24, 2.45) is 0 Å². The van der Waals surface area contributed by atoms with Crippen molar-refractivity contribution in [3.8, 4) is 0 Å². The van der Waals surface area contributed by atoms with Gasteiger partial charge >= 0.3 is 0 Å². The van der Waals surface area contributed by atoms with Crippen LogP contribution in [0.1, 0.15) is 5.56 Å². The maximum atomic E-state index is 12.4. The second-order valence-electron chi connectivity index (χ2n) is 4.63. The summed E-state index contributed by atoms with van der Waals surface area (Å²) in [5.74, 6) is 0. The van der Waals surface area contributed by atoms with Gasteiger partial charge in [-0.2, -0.15) is 0 Å². The normalized spacial score (nSPS) is 11.9. The van der Waals surface area contributed by atoms with Crippen molar-refractivity contribution in [3.63, 3.8) is 0 Å². The van der Waals surface area contributed by atoms with Crippen molar-refractivity contribution in [1.29, 1.82) is 0 Å². The summed E-state index contributed by atoms with van der Waals surface area (Å²) in [7, 11) is -3.70. The molecule has 0 bridgehead atoms. The molecule has 114 valence electrons.